The highest BCUT2D eigenvalue weighted by Gasteiger charge is 2.55. The van der Waals surface area contributed by atoms with E-state index < -0.39 is 142 Å². The van der Waals surface area contributed by atoms with Gasteiger partial charge in [-0.15, -0.1) is 0 Å². The normalized spacial score (nSPS) is 43.8. The van der Waals surface area contributed by atoms with Crippen molar-refractivity contribution < 1.29 is 78.8 Å². The molecule has 4 fully saturated rings. The summed E-state index contributed by atoms with van der Waals surface area (Å²) >= 11 is 0. The molecule has 22 N–H and O–H groups in total. The van der Waals surface area contributed by atoms with E-state index >= 15 is 0 Å². The number of hydrogen-bond donors (Lipinski definition) is 16. The lowest BCUT2D eigenvalue weighted by Gasteiger charge is -2.49. The molecule has 0 aromatic carbocycles. The van der Waals surface area contributed by atoms with Crippen LogP contribution in [0.5, 0.6) is 0 Å². The van der Waals surface area contributed by atoms with Crippen LogP contribution in [0.1, 0.15) is 19.3 Å². The van der Waals surface area contributed by atoms with E-state index in [4.69, 9.17) is 67.6 Å². The smallest absolute Gasteiger partial charge is 0.249 e. The summed E-state index contributed by atoms with van der Waals surface area (Å²) in [6.07, 6.45) is -22.1. The third kappa shape index (κ3) is 11.2. The fourth-order valence-electron chi connectivity index (χ4n) is 7.19. The van der Waals surface area contributed by atoms with Crippen LogP contribution in [0.2, 0.25) is 0 Å². The van der Waals surface area contributed by atoms with E-state index in [0.717, 1.165) is 0 Å². The van der Waals surface area contributed by atoms with Crippen LogP contribution >= 0.6 is 0 Å². The zero-order chi connectivity index (χ0) is 41.3. The first kappa shape index (κ1) is 47.3. The van der Waals surface area contributed by atoms with Gasteiger partial charge in [-0.25, -0.2) is 0 Å². The Kier molecular flexibility index (Phi) is 18.8. The topological polar surface area (TPSA) is 424 Å². The number of aliphatic hydroxyl groups excluding tert-OH is 8. The van der Waals surface area contributed by atoms with E-state index in [1.807, 2.05) is 0 Å². The molecule has 0 aromatic heterocycles. The average Bonchev–Trinajstić information content (AvgIpc) is 3.48. The molecule has 20 atom stereocenters. The lowest BCUT2D eigenvalue weighted by Crippen LogP contribution is -2.69. The van der Waals surface area contributed by atoms with Gasteiger partial charge < -0.3 is 119 Å². The number of nitrogens with two attached hydrogens (primary N) is 6. The molecule has 56 heavy (non-hydrogen) atoms. The number of hydrogen-bond acceptors (Lipinski definition) is 23. The van der Waals surface area contributed by atoms with E-state index in [9.17, 15) is 45.6 Å². The van der Waals surface area contributed by atoms with Gasteiger partial charge in [0.1, 0.15) is 79.4 Å². The summed E-state index contributed by atoms with van der Waals surface area (Å²) in [6.45, 7) is -0.236. The first-order chi connectivity index (χ1) is 26.7. The molecule has 3 aliphatic heterocycles. The van der Waals surface area contributed by atoms with Gasteiger partial charge in [0.25, 0.3) is 0 Å². The highest BCUT2D eigenvalue weighted by Crippen LogP contribution is 2.35. The van der Waals surface area contributed by atoms with Gasteiger partial charge in [0.05, 0.1) is 37.9 Å². The molecule has 24 nitrogen and oxygen atoms in total. The lowest BCUT2D eigenvalue weighted by atomic mass is 9.83. The van der Waals surface area contributed by atoms with Gasteiger partial charge in [0.15, 0.2) is 18.9 Å². The predicted octanol–water partition coefficient (Wildman–Crippen LogP) is -10.0. The zero-order valence-corrected chi connectivity index (χ0v) is 31.1. The summed E-state index contributed by atoms with van der Waals surface area (Å²) in [5.74, 6) is -0.779. The number of amides is 1. The number of rotatable bonds is 20. The van der Waals surface area contributed by atoms with Crippen molar-refractivity contribution in [2.75, 3.05) is 52.5 Å². The van der Waals surface area contributed by atoms with Crippen molar-refractivity contribution in [2.45, 2.75) is 142 Å². The molecular formula is C32H64N8O16. The second-order valence-corrected chi connectivity index (χ2v) is 14.5. The van der Waals surface area contributed by atoms with Crippen molar-refractivity contribution in [3.05, 3.63) is 0 Å². The van der Waals surface area contributed by atoms with Crippen LogP contribution in [-0.2, 0) is 38.0 Å². The molecule has 3 saturated heterocycles. The maximum absolute atomic E-state index is 13.1. The van der Waals surface area contributed by atoms with Crippen LogP contribution in [0.15, 0.2) is 0 Å². The molecule has 0 unspecified atom stereocenters. The standard InChI is InChI=1S/C32H64N8O16/c33-3-1-5-39-6-7-50-26-13(40-29(49)14(43)2-4-34)8-12(36)25(54-31-19(38)23(47)21(45)16(10-41)52-31)28(26)56-32-24(48)27(17(11-42)53-32)55-30-18(37)22(46)20(44)15(9-35)51-30/h12-28,30-32,39,41-48H,1-11,33-38H2,(H,40,49)/t12-,13+,14-,15-,16+,17+,18+,19+,20+,21+,22+,23+,24+,25+,26-,27+,28-,30+,31+,32-/m0/s1. The predicted molar refractivity (Wildman–Crippen MR) is 190 cm³/mol. The van der Waals surface area contributed by atoms with E-state index in [-0.39, 0.29) is 32.5 Å². The van der Waals surface area contributed by atoms with E-state index in [1.54, 1.807) is 0 Å². The van der Waals surface area contributed by atoms with Crippen LogP contribution < -0.4 is 45.0 Å². The summed E-state index contributed by atoms with van der Waals surface area (Å²) in [6, 6.07) is -4.67. The summed E-state index contributed by atoms with van der Waals surface area (Å²) in [4.78, 5) is 13.1. The molecule has 0 spiro atoms. The molecule has 24 heteroatoms. The molecule has 3 heterocycles. The molecule has 4 aliphatic rings. The Morgan fingerprint density at radius 3 is 1.86 bits per heavy atom. The Labute approximate surface area is 323 Å². The highest BCUT2D eigenvalue weighted by molar-refractivity contribution is 5.80. The molecular weight excluding hydrogens is 752 g/mol. The van der Waals surface area contributed by atoms with Crippen LogP contribution in [-0.4, -0.2) is 222 Å². The number of nitrogens with one attached hydrogen (secondary N) is 2. The molecule has 4 rings (SSSR count). The van der Waals surface area contributed by atoms with Crippen LogP contribution in [0.4, 0.5) is 0 Å². The highest BCUT2D eigenvalue weighted by atomic mass is 16.8. The number of ether oxygens (including phenoxy) is 7. The zero-order valence-electron chi connectivity index (χ0n) is 31.1. The van der Waals surface area contributed by atoms with Crippen LogP contribution in [0.25, 0.3) is 0 Å². The molecule has 328 valence electrons. The van der Waals surface area contributed by atoms with Crippen molar-refractivity contribution >= 4 is 5.91 Å². The molecule has 0 radical (unpaired) electrons. The Balaban J connectivity index is 1.66. The second-order valence-electron chi connectivity index (χ2n) is 14.5. The van der Waals surface area contributed by atoms with Crippen LogP contribution in [0, 0.1) is 0 Å². The third-order valence-corrected chi connectivity index (χ3v) is 10.5. The Morgan fingerprint density at radius 2 is 1.27 bits per heavy atom. The monoisotopic (exact) mass is 816 g/mol. The van der Waals surface area contributed by atoms with Gasteiger partial charge in [0.2, 0.25) is 5.91 Å². The number of aliphatic hydroxyl groups is 8. The molecule has 1 amide bonds. The van der Waals surface area contributed by atoms with E-state index in [2.05, 4.69) is 10.6 Å². The minimum absolute atomic E-state index is 0.0151. The Hall–Kier alpha value is -1.41. The fourth-order valence-corrected chi connectivity index (χ4v) is 7.19. The summed E-state index contributed by atoms with van der Waals surface area (Å²) < 4.78 is 42.3. The van der Waals surface area contributed by atoms with Gasteiger partial charge in [-0.05, 0) is 38.9 Å². The van der Waals surface area contributed by atoms with Crippen molar-refractivity contribution in [2.24, 2.45) is 34.4 Å². The van der Waals surface area contributed by atoms with Crippen LogP contribution in [0.3, 0.4) is 0 Å². The Bertz CT molecular complexity index is 1170. The molecule has 1 saturated carbocycles. The molecule has 1 aliphatic carbocycles. The fraction of sp³-hybridized carbons (Fsp3) is 0.969. The van der Waals surface area contributed by atoms with Gasteiger partial charge in [0, 0.05) is 19.1 Å². The van der Waals surface area contributed by atoms with E-state index in [1.165, 1.54) is 0 Å². The van der Waals surface area contributed by atoms with E-state index in [0.29, 0.717) is 26.1 Å². The molecule has 0 aromatic rings. The van der Waals surface area contributed by atoms with Crippen molar-refractivity contribution in [1.82, 2.24) is 10.6 Å². The average molecular weight is 817 g/mol. The maximum Gasteiger partial charge on any atom is 0.249 e. The Morgan fingerprint density at radius 1 is 0.696 bits per heavy atom. The largest absolute Gasteiger partial charge is 0.394 e. The number of carbonyl (C=O) groups is 1. The summed E-state index contributed by atoms with van der Waals surface area (Å²) in [7, 11) is 0. The van der Waals surface area contributed by atoms with Gasteiger partial charge in [-0.1, -0.05) is 0 Å². The summed E-state index contributed by atoms with van der Waals surface area (Å²) in [5.41, 5.74) is 35.8. The second kappa shape index (κ2) is 22.3. The van der Waals surface area contributed by atoms with Crippen molar-refractivity contribution in [3.8, 4) is 0 Å². The minimum atomic E-state index is -1.70. The maximum atomic E-state index is 13.1. The summed E-state index contributed by atoms with van der Waals surface area (Å²) in [5, 5.41) is 89.9. The molecule has 0 bridgehead atoms. The SMILES string of the molecule is NCCCNCCO[C@@H]1[C@@H](O[C@@H]2O[C@H](CO)[C@@H](O[C@H]3O[C@@H](CN)[C@@H](O)[C@H](O)[C@H]3N)[C@H]2O)[C@H](O[C@H]2O[C@H](CO)[C@@H](O)[C@H](O)[C@H]2N)[C@@H](N)C[C@H]1NC(=O)[C@@H](O)CCN. The van der Waals surface area contributed by atoms with Gasteiger partial charge >= 0.3 is 0 Å². The quantitative estimate of drug-likeness (QED) is 0.0507. The van der Waals surface area contributed by atoms with Crippen molar-refractivity contribution in [1.29, 1.82) is 0 Å². The third-order valence-electron chi connectivity index (χ3n) is 10.5. The lowest BCUT2D eigenvalue weighted by molar-refractivity contribution is -0.313. The van der Waals surface area contributed by atoms with Gasteiger partial charge in [-0.2, -0.15) is 0 Å². The minimum Gasteiger partial charge on any atom is -0.394 e. The first-order valence-electron chi connectivity index (χ1n) is 18.9. The number of carbonyl (C=O) groups excluding carboxylic acids is 1. The van der Waals surface area contributed by atoms with Gasteiger partial charge in [-0.3, -0.25) is 4.79 Å². The first-order valence-corrected chi connectivity index (χ1v) is 18.9. The van der Waals surface area contributed by atoms with Crippen molar-refractivity contribution in [3.63, 3.8) is 0 Å².